The molecule has 4 heteroatoms. The Labute approximate surface area is 67.8 Å². The Balaban J connectivity index is 2.39. The molecule has 0 spiro atoms. The molecule has 0 N–H and O–H groups in total. The Morgan fingerprint density at radius 1 is 1.80 bits per heavy atom. The van der Waals surface area contributed by atoms with E-state index >= 15 is 0 Å². The van der Waals surface area contributed by atoms with Gasteiger partial charge in [-0.05, 0) is 6.92 Å². The van der Waals surface area contributed by atoms with Gasteiger partial charge in [0.25, 0.3) is 0 Å². The first-order valence-electron chi connectivity index (χ1n) is 3.13. The van der Waals surface area contributed by atoms with Gasteiger partial charge in [0.1, 0.15) is 0 Å². The molecule has 1 aliphatic rings. The van der Waals surface area contributed by atoms with Crippen molar-refractivity contribution in [3.05, 3.63) is 0 Å². The van der Waals surface area contributed by atoms with E-state index in [1.807, 2.05) is 0 Å². The number of alkyl halides is 1. The molecule has 58 valence electrons. The highest BCUT2D eigenvalue weighted by atomic mass is 79.9. The molecular weight excluding hydrogens is 200 g/mol. The summed E-state index contributed by atoms with van der Waals surface area (Å²) in [6.45, 7) is 3.05. The van der Waals surface area contributed by atoms with Gasteiger partial charge in [-0.1, -0.05) is 15.9 Å². The van der Waals surface area contributed by atoms with Gasteiger partial charge in [-0.3, -0.25) is 4.79 Å². The van der Waals surface area contributed by atoms with Crippen molar-refractivity contribution in [3.8, 4) is 0 Å². The molecule has 1 fully saturated rings. The van der Waals surface area contributed by atoms with Crippen LogP contribution in [0.25, 0.3) is 0 Å². The summed E-state index contributed by atoms with van der Waals surface area (Å²) in [7, 11) is 0. The van der Waals surface area contributed by atoms with Crippen molar-refractivity contribution in [2.45, 2.75) is 11.2 Å². The van der Waals surface area contributed by atoms with Crippen LogP contribution in [0.2, 0.25) is 0 Å². The summed E-state index contributed by atoms with van der Waals surface area (Å²) in [5.74, 6) is -0.221. The van der Waals surface area contributed by atoms with Crippen molar-refractivity contribution < 1.29 is 14.3 Å². The van der Waals surface area contributed by atoms with E-state index in [-0.39, 0.29) is 5.97 Å². The van der Waals surface area contributed by atoms with Gasteiger partial charge in [0.15, 0.2) is 4.32 Å². The maximum absolute atomic E-state index is 11.0. The maximum Gasteiger partial charge on any atom is 0.327 e. The third-order valence-electron chi connectivity index (χ3n) is 1.30. The molecule has 1 rings (SSSR count). The molecule has 0 bridgehead atoms. The molecule has 10 heavy (non-hydrogen) atoms. The molecule has 0 unspecified atom stereocenters. The number of esters is 1. The summed E-state index contributed by atoms with van der Waals surface area (Å²) in [4.78, 5) is 11.0. The second-order valence-corrected chi connectivity index (χ2v) is 3.70. The highest BCUT2D eigenvalue weighted by Crippen LogP contribution is 2.28. The molecule has 0 amide bonds. The minimum Gasteiger partial charge on any atom is -0.465 e. The first kappa shape index (κ1) is 8.01. The molecule has 0 aliphatic carbocycles. The van der Waals surface area contributed by atoms with E-state index in [4.69, 9.17) is 9.47 Å². The zero-order valence-electron chi connectivity index (χ0n) is 5.72. The van der Waals surface area contributed by atoms with Crippen LogP contribution in [0.3, 0.4) is 0 Å². The Hall–Kier alpha value is -0.0900. The number of hydrogen-bond donors (Lipinski definition) is 0. The SMILES string of the molecule is CCOC(=O)C1(Br)COC1. The van der Waals surface area contributed by atoms with E-state index in [1.165, 1.54) is 0 Å². The largest absolute Gasteiger partial charge is 0.465 e. The zero-order chi connectivity index (χ0) is 7.61. The normalized spacial score (nSPS) is 21.4. The van der Waals surface area contributed by atoms with Crippen LogP contribution >= 0.6 is 15.9 Å². The van der Waals surface area contributed by atoms with Crippen molar-refractivity contribution in [3.63, 3.8) is 0 Å². The standard InChI is InChI=1S/C6H9BrO3/c1-2-10-5(8)6(7)3-9-4-6/h2-4H2,1H3. The lowest BCUT2D eigenvalue weighted by Crippen LogP contribution is -2.51. The predicted molar refractivity (Wildman–Crippen MR) is 39.1 cm³/mol. The molecular formula is C6H9BrO3. The monoisotopic (exact) mass is 208 g/mol. The fraction of sp³-hybridized carbons (Fsp3) is 0.833. The van der Waals surface area contributed by atoms with Gasteiger partial charge in [-0.25, -0.2) is 0 Å². The van der Waals surface area contributed by atoms with Crippen molar-refractivity contribution >= 4 is 21.9 Å². The number of ether oxygens (including phenoxy) is 2. The number of halogens is 1. The molecule has 0 atom stereocenters. The highest BCUT2D eigenvalue weighted by molar-refractivity contribution is 9.10. The Morgan fingerprint density at radius 3 is 2.70 bits per heavy atom. The van der Waals surface area contributed by atoms with E-state index in [9.17, 15) is 4.79 Å². The Morgan fingerprint density at radius 2 is 2.40 bits per heavy atom. The Kier molecular flexibility index (Phi) is 2.31. The summed E-state index contributed by atoms with van der Waals surface area (Å²) in [6.07, 6.45) is 0. The molecule has 0 radical (unpaired) electrons. The van der Waals surface area contributed by atoms with Crippen LogP contribution in [-0.2, 0) is 14.3 Å². The first-order valence-corrected chi connectivity index (χ1v) is 3.92. The number of hydrogen-bond acceptors (Lipinski definition) is 3. The smallest absolute Gasteiger partial charge is 0.327 e. The maximum atomic E-state index is 11.0. The third kappa shape index (κ3) is 1.32. The summed E-state index contributed by atoms with van der Waals surface area (Å²) < 4.78 is 9.10. The predicted octanol–water partition coefficient (Wildman–Crippen LogP) is 0.713. The topological polar surface area (TPSA) is 35.5 Å². The molecule has 0 aromatic heterocycles. The van der Waals surface area contributed by atoms with Crippen molar-refractivity contribution in [1.82, 2.24) is 0 Å². The van der Waals surface area contributed by atoms with E-state index in [1.54, 1.807) is 6.92 Å². The second-order valence-electron chi connectivity index (χ2n) is 2.18. The molecule has 0 aromatic carbocycles. The van der Waals surface area contributed by atoms with Crippen LogP contribution in [0.4, 0.5) is 0 Å². The summed E-state index contributed by atoms with van der Waals surface area (Å²) >= 11 is 3.23. The van der Waals surface area contributed by atoms with Gasteiger partial charge in [0.2, 0.25) is 0 Å². The Bertz CT molecular complexity index is 142. The van der Waals surface area contributed by atoms with Crippen LogP contribution in [0.5, 0.6) is 0 Å². The van der Waals surface area contributed by atoms with E-state index in [0.29, 0.717) is 19.8 Å². The molecule has 1 heterocycles. The van der Waals surface area contributed by atoms with Crippen LogP contribution in [0, 0.1) is 0 Å². The molecule has 0 aromatic rings. The second kappa shape index (κ2) is 2.88. The van der Waals surface area contributed by atoms with Crippen LogP contribution in [-0.4, -0.2) is 30.1 Å². The fourth-order valence-corrected chi connectivity index (χ4v) is 1.10. The van der Waals surface area contributed by atoms with Crippen molar-refractivity contribution in [2.75, 3.05) is 19.8 Å². The van der Waals surface area contributed by atoms with Gasteiger partial charge in [-0.2, -0.15) is 0 Å². The molecule has 0 saturated carbocycles. The quantitative estimate of drug-likeness (QED) is 0.496. The summed E-state index contributed by atoms with van der Waals surface area (Å²) in [6, 6.07) is 0. The molecule has 1 aliphatic heterocycles. The van der Waals surface area contributed by atoms with Crippen molar-refractivity contribution in [1.29, 1.82) is 0 Å². The minimum atomic E-state index is -0.539. The average molecular weight is 209 g/mol. The van der Waals surface area contributed by atoms with Gasteiger partial charge in [-0.15, -0.1) is 0 Å². The first-order chi connectivity index (χ1) is 4.69. The lowest BCUT2D eigenvalue weighted by atomic mass is 10.1. The number of carbonyl (C=O) groups is 1. The van der Waals surface area contributed by atoms with Gasteiger partial charge < -0.3 is 9.47 Å². The average Bonchev–Trinajstić information content (AvgIpc) is 1.83. The van der Waals surface area contributed by atoms with E-state index in [0.717, 1.165) is 0 Å². The third-order valence-corrected chi connectivity index (χ3v) is 2.08. The zero-order valence-corrected chi connectivity index (χ0v) is 7.31. The van der Waals surface area contributed by atoms with Gasteiger partial charge in [0.05, 0.1) is 19.8 Å². The van der Waals surface area contributed by atoms with Gasteiger partial charge in [0, 0.05) is 0 Å². The lowest BCUT2D eigenvalue weighted by molar-refractivity contribution is -0.157. The number of rotatable bonds is 2. The molecule has 1 saturated heterocycles. The summed E-state index contributed by atoms with van der Waals surface area (Å²) in [5.41, 5.74) is 0. The van der Waals surface area contributed by atoms with E-state index in [2.05, 4.69) is 15.9 Å². The fourth-order valence-electron chi connectivity index (χ4n) is 0.660. The highest BCUT2D eigenvalue weighted by Gasteiger charge is 2.44. The van der Waals surface area contributed by atoms with Crippen molar-refractivity contribution in [2.24, 2.45) is 0 Å². The van der Waals surface area contributed by atoms with Gasteiger partial charge >= 0.3 is 5.97 Å². The lowest BCUT2D eigenvalue weighted by Gasteiger charge is -2.32. The van der Waals surface area contributed by atoms with E-state index < -0.39 is 4.32 Å². The van der Waals surface area contributed by atoms with Crippen LogP contribution in [0.1, 0.15) is 6.92 Å². The van der Waals surface area contributed by atoms with Crippen LogP contribution < -0.4 is 0 Å². The van der Waals surface area contributed by atoms with Crippen LogP contribution in [0.15, 0.2) is 0 Å². The molecule has 3 nitrogen and oxygen atoms in total. The summed E-state index contributed by atoms with van der Waals surface area (Å²) in [5, 5.41) is 0. The minimum absolute atomic E-state index is 0.221. The number of carbonyl (C=O) groups excluding carboxylic acids is 1.